The Hall–Kier alpha value is -3.02. The lowest BCUT2D eigenvalue weighted by atomic mass is 10.2. The maximum absolute atomic E-state index is 14.0. The largest absolute Gasteiger partial charge is 0.366 e. The van der Waals surface area contributed by atoms with Crippen molar-refractivity contribution in [1.29, 1.82) is 0 Å². The number of hydrogen-bond acceptors (Lipinski definition) is 2. The van der Waals surface area contributed by atoms with Gasteiger partial charge in [-0.15, -0.1) is 0 Å². The molecule has 27 heavy (non-hydrogen) atoms. The molecule has 0 unspecified atom stereocenters. The third kappa shape index (κ3) is 3.35. The van der Waals surface area contributed by atoms with E-state index in [0.29, 0.717) is 31.9 Å². The predicted molar refractivity (Wildman–Crippen MR) is 107 cm³/mol. The fourth-order valence-corrected chi connectivity index (χ4v) is 3.66. The molecule has 0 aliphatic carbocycles. The summed E-state index contributed by atoms with van der Waals surface area (Å²) in [6, 6.07) is 14.7. The molecule has 0 spiro atoms. The van der Waals surface area contributed by atoms with E-state index in [-0.39, 0.29) is 11.8 Å². The van der Waals surface area contributed by atoms with Gasteiger partial charge in [0.1, 0.15) is 5.82 Å². The first kappa shape index (κ1) is 17.4. The molecular weight excluding hydrogens is 343 g/mol. The Morgan fingerprint density at radius 1 is 1.04 bits per heavy atom. The van der Waals surface area contributed by atoms with Crippen molar-refractivity contribution < 1.29 is 9.18 Å². The van der Waals surface area contributed by atoms with Gasteiger partial charge in [-0.25, -0.2) is 9.18 Å². The zero-order chi connectivity index (χ0) is 18.8. The van der Waals surface area contributed by atoms with E-state index in [9.17, 15) is 9.18 Å². The van der Waals surface area contributed by atoms with Crippen LogP contribution in [0.25, 0.3) is 10.9 Å². The van der Waals surface area contributed by atoms with Gasteiger partial charge in [-0.2, -0.15) is 0 Å². The maximum Gasteiger partial charge on any atom is 0.322 e. The van der Waals surface area contributed by atoms with Crippen molar-refractivity contribution in [2.75, 3.05) is 36.4 Å². The van der Waals surface area contributed by atoms with Gasteiger partial charge in [-0.1, -0.05) is 30.3 Å². The van der Waals surface area contributed by atoms with E-state index in [4.69, 9.17) is 0 Å². The van der Waals surface area contributed by atoms with Crippen LogP contribution in [0.1, 0.15) is 6.92 Å². The Morgan fingerprint density at radius 3 is 2.48 bits per heavy atom. The van der Waals surface area contributed by atoms with E-state index in [1.807, 2.05) is 35.4 Å². The molecule has 140 valence electrons. The number of para-hydroxylation sites is 2. The number of hydrogen-bond donors (Lipinski definition) is 1. The van der Waals surface area contributed by atoms with E-state index in [1.165, 1.54) is 6.07 Å². The van der Waals surface area contributed by atoms with Crippen molar-refractivity contribution in [2.45, 2.75) is 13.5 Å². The van der Waals surface area contributed by atoms with Crippen LogP contribution in [0.2, 0.25) is 0 Å². The number of nitrogens with zero attached hydrogens (tertiary/aromatic N) is 3. The number of benzene rings is 2. The lowest BCUT2D eigenvalue weighted by Gasteiger charge is -2.36. The second kappa shape index (κ2) is 7.31. The highest BCUT2D eigenvalue weighted by Crippen LogP contribution is 2.26. The minimum atomic E-state index is -0.220. The van der Waals surface area contributed by atoms with Crippen LogP contribution in [0.15, 0.2) is 54.7 Å². The molecule has 2 heterocycles. The van der Waals surface area contributed by atoms with Crippen molar-refractivity contribution in [3.05, 3.63) is 60.5 Å². The summed E-state index contributed by atoms with van der Waals surface area (Å²) >= 11 is 0. The Bertz CT molecular complexity index is 960. The van der Waals surface area contributed by atoms with Crippen molar-refractivity contribution >= 4 is 28.3 Å². The average Bonchev–Trinajstić information content (AvgIpc) is 3.06. The topological polar surface area (TPSA) is 40.5 Å². The second-order valence-corrected chi connectivity index (χ2v) is 6.70. The minimum absolute atomic E-state index is 0.109. The molecule has 3 aromatic rings. The van der Waals surface area contributed by atoms with Crippen LogP contribution in [0.4, 0.5) is 20.6 Å². The third-order valence-corrected chi connectivity index (χ3v) is 5.13. The third-order valence-electron chi connectivity index (χ3n) is 5.13. The van der Waals surface area contributed by atoms with Gasteiger partial charge in [0.2, 0.25) is 0 Å². The van der Waals surface area contributed by atoms with Crippen molar-refractivity contribution in [1.82, 2.24) is 9.47 Å². The number of amides is 2. The number of aromatic nitrogens is 1. The van der Waals surface area contributed by atoms with Crippen LogP contribution in [0, 0.1) is 5.82 Å². The van der Waals surface area contributed by atoms with E-state index < -0.39 is 0 Å². The van der Waals surface area contributed by atoms with Gasteiger partial charge < -0.3 is 19.7 Å². The number of aryl methyl sites for hydroxylation is 1. The predicted octanol–water partition coefficient (Wildman–Crippen LogP) is 4.15. The zero-order valence-corrected chi connectivity index (χ0v) is 15.4. The summed E-state index contributed by atoms with van der Waals surface area (Å²) in [6.45, 7) is 5.28. The number of carbonyl (C=O) groups is 1. The van der Waals surface area contributed by atoms with Crippen LogP contribution in [-0.2, 0) is 6.54 Å². The van der Waals surface area contributed by atoms with Gasteiger partial charge in [0.25, 0.3) is 0 Å². The summed E-state index contributed by atoms with van der Waals surface area (Å²) < 4.78 is 16.1. The quantitative estimate of drug-likeness (QED) is 0.756. The van der Waals surface area contributed by atoms with Gasteiger partial charge in [-0.3, -0.25) is 0 Å². The molecule has 2 amide bonds. The van der Waals surface area contributed by atoms with Crippen LogP contribution >= 0.6 is 0 Å². The van der Waals surface area contributed by atoms with Crippen LogP contribution in [0.5, 0.6) is 0 Å². The fourth-order valence-electron chi connectivity index (χ4n) is 3.66. The molecule has 4 rings (SSSR count). The lowest BCUT2D eigenvalue weighted by Crippen LogP contribution is -2.50. The standard InChI is InChI=1S/C21H23FN4O/c1-2-24-15-18(16-7-3-5-9-19(16)24)23-21(27)26-13-11-25(12-14-26)20-10-6-4-8-17(20)22/h3-10,15H,2,11-14H2,1H3,(H,23,27). The highest BCUT2D eigenvalue weighted by molar-refractivity contribution is 6.01. The molecule has 2 aromatic carbocycles. The Labute approximate surface area is 158 Å². The highest BCUT2D eigenvalue weighted by Gasteiger charge is 2.23. The summed E-state index contributed by atoms with van der Waals surface area (Å²) in [5.74, 6) is -0.220. The normalized spacial score (nSPS) is 14.6. The number of carbonyl (C=O) groups excluding carboxylic acids is 1. The average molecular weight is 366 g/mol. The molecule has 1 aliphatic rings. The van der Waals surface area contributed by atoms with Gasteiger partial charge >= 0.3 is 6.03 Å². The molecule has 0 radical (unpaired) electrons. The summed E-state index contributed by atoms with van der Waals surface area (Å²) in [7, 11) is 0. The monoisotopic (exact) mass is 366 g/mol. The number of anilines is 2. The smallest absolute Gasteiger partial charge is 0.322 e. The SMILES string of the molecule is CCn1cc(NC(=O)N2CCN(c3ccccc3F)CC2)c2ccccc21. The minimum Gasteiger partial charge on any atom is -0.366 e. The van der Waals surface area contributed by atoms with E-state index >= 15 is 0 Å². The molecule has 1 N–H and O–H groups in total. The van der Waals surface area contributed by atoms with E-state index in [1.54, 1.807) is 17.0 Å². The Kier molecular flexibility index (Phi) is 4.71. The van der Waals surface area contributed by atoms with Crippen LogP contribution in [-0.4, -0.2) is 41.7 Å². The Morgan fingerprint density at radius 2 is 1.74 bits per heavy atom. The van der Waals surface area contributed by atoms with Crippen molar-refractivity contribution in [2.24, 2.45) is 0 Å². The molecule has 1 aromatic heterocycles. The number of rotatable bonds is 3. The lowest BCUT2D eigenvalue weighted by molar-refractivity contribution is 0.208. The zero-order valence-electron chi connectivity index (χ0n) is 15.4. The summed E-state index contributed by atoms with van der Waals surface area (Å²) in [5.41, 5.74) is 2.54. The Balaban J connectivity index is 1.44. The van der Waals surface area contributed by atoms with Crippen LogP contribution in [0.3, 0.4) is 0 Å². The van der Waals surface area contributed by atoms with Gasteiger partial charge in [0.15, 0.2) is 0 Å². The summed E-state index contributed by atoms with van der Waals surface area (Å²) in [4.78, 5) is 16.5. The molecule has 5 nitrogen and oxygen atoms in total. The number of piperazine rings is 1. The second-order valence-electron chi connectivity index (χ2n) is 6.70. The maximum atomic E-state index is 14.0. The van der Waals surface area contributed by atoms with E-state index in [2.05, 4.69) is 22.9 Å². The number of urea groups is 1. The molecule has 1 fully saturated rings. The first-order valence-corrected chi connectivity index (χ1v) is 9.30. The summed E-state index contributed by atoms with van der Waals surface area (Å²) in [6.07, 6.45) is 1.98. The van der Waals surface area contributed by atoms with Crippen molar-refractivity contribution in [3.63, 3.8) is 0 Å². The summed E-state index contributed by atoms with van der Waals surface area (Å²) in [5, 5.41) is 4.09. The molecule has 0 saturated carbocycles. The van der Waals surface area contributed by atoms with Gasteiger partial charge in [0, 0.05) is 44.3 Å². The van der Waals surface area contributed by atoms with Crippen molar-refractivity contribution in [3.8, 4) is 0 Å². The van der Waals surface area contributed by atoms with E-state index in [0.717, 1.165) is 23.1 Å². The molecule has 0 atom stereocenters. The molecule has 6 heteroatoms. The molecule has 0 bridgehead atoms. The van der Waals surface area contributed by atoms with Gasteiger partial charge in [-0.05, 0) is 25.1 Å². The molecule has 1 aliphatic heterocycles. The number of fused-ring (bicyclic) bond motifs is 1. The number of halogens is 1. The van der Waals surface area contributed by atoms with Crippen LogP contribution < -0.4 is 10.2 Å². The highest BCUT2D eigenvalue weighted by atomic mass is 19.1. The molecular formula is C21H23FN4O. The van der Waals surface area contributed by atoms with Gasteiger partial charge in [0.05, 0.1) is 16.9 Å². The first-order valence-electron chi connectivity index (χ1n) is 9.30. The number of nitrogens with one attached hydrogen (secondary N) is 1. The first-order chi connectivity index (χ1) is 13.2. The fraction of sp³-hybridized carbons (Fsp3) is 0.286. The molecule has 1 saturated heterocycles.